The van der Waals surface area contributed by atoms with Crippen LogP contribution < -0.4 is 20.3 Å². The Morgan fingerprint density at radius 2 is 1.62 bits per heavy atom. The maximum Gasteiger partial charge on any atom is 0.266 e. The zero-order chi connectivity index (χ0) is 54.0. The molecule has 9 rings (SSSR count). The van der Waals surface area contributed by atoms with Crippen LogP contribution in [0.15, 0.2) is 106 Å². The highest BCUT2D eigenvalue weighted by Crippen LogP contribution is 2.34. The van der Waals surface area contributed by atoms with E-state index in [0.717, 1.165) is 27.3 Å². The van der Waals surface area contributed by atoms with E-state index in [1.165, 1.54) is 33.2 Å². The maximum absolute atomic E-state index is 14.2. The van der Waals surface area contributed by atoms with Crippen molar-refractivity contribution in [3.63, 3.8) is 0 Å². The number of carbonyl (C=O) groups excluding carboxylic acids is 4. The fourth-order valence-corrected chi connectivity index (χ4v) is 10.1. The predicted octanol–water partition coefficient (Wildman–Crippen LogP) is 5.61. The molecule has 1 saturated heterocycles. The van der Waals surface area contributed by atoms with Gasteiger partial charge in [0.2, 0.25) is 17.7 Å². The molecule has 402 valence electrons. The molecule has 2 N–H and O–H groups in total. The molecule has 20 nitrogen and oxygen atoms in total. The Hall–Kier alpha value is -7.69. The number of hydrogen-bond acceptors (Lipinski definition) is 17. The van der Waals surface area contributed by atoms with Gasteiger partial charge in [0, 0.05) is 56.7 Å². The molecule has 2 aliphatic heterocycles. The summed E-state index contributed by atoms with van der Waals surface area (Å²) in [6.07, 6.45) is 0.793. The molecule has 3 aromatic carbocycles. The number of ether oxygens (including phenoxy) is 5. The quantitative estimate of drug-likeness (QED) is 0.0523. The Kier molecular flexibility index (Phi) is 17.6. The van der Waals surface area contributed by atoms with Crippen LogP contribution in [0.4, 0.5) is 0 Å². The standard InChI is InChI=1S/C56H60N8O12S/c1-34(2)51(64-31-39-7-5-6-8-42(39)55(64)69)56(70)63-32-40(65)28-46(63)53(68)58-29-38-11-10-37(52-35(3)59-33-77-52)27-49(38)75-24-22-73-20-18-71-17-19-72-21-23-74-41-12-13-43(57-30-41)47(66)26-36-9-15-48-45(25-36)60-54(76-48)44-14-16-50(67)62(4)61-44/h5-16,25,27,30,33-34,40,46,51,65H,17-24,26,28-29,31-32H2,1-4H3,(H,58,68)/t40-,46+,51+/m1/s1. The number of ketones is 1. The van der Waals surface area contributed by atoms with Crippen LogP contribution in [0.25, 0.3) is 33.1 Å². The number of carbonyl (C=O) groups is 4. The van der Waals surface area contributed by atoms with Gasteiger partial charge in [-0.05, 0) is 72.0 Å². The van der Waals surface area contributed by atoms with E-state index >= 15 is 0 Å². The van der Waals surface area contributed by atoms with E-state index in [0.29, 0.717) is 84.7 Å². The predicted molar refractivity (Wildman–Crippen MR) is 283 cm³/mol. The second-order valence-corrected chi connectivity index (χ2v) is 19.9. The van der Waals surface area contributed by atoms with E-state index < -0.39 is 24.1 Å². The largest absolute Gasteiger partial charge is 0.491 e. The Labute approximate surface area is 447 Å². The van der Waals surface area contributed by atoms with Gasteiger partial charge in [0.15, 0.2) is 11.4 Å². The second kappa shape index (κ2) is 25.0. The van der Waals surface area contributed by atoms with Gasteiger partial charge in [-0.3, -0.25) is 24.0 Å². The molecule has 0 aliphatic carbocycles. The number of aliphatic hydroxyl groups excluding tert-OH is 1. The highest BCUT2D eigenvalue weighted by molar-refractivity contribution is 7.13. The van der Waals surface area contributed by atoms with Crippen molar-refractivity contribution in [1.82, 2.24) is 39.8 Å². The summed E-state index contributed by atoms with van der Waals surface area (Å²) in [6, 6.07) is 22.9. The first-order valence-corrected chi connectivity index (χ1v) is 26.3. The Balaban J connectivity index is 0.669. The number of nitrogens with one attached hydrogen (secondary N) is 1. The molecule has 77 heavy (non-hydrogen) atoms. The topological polar surface area (TPSA) is 240 Å². The minimum absolute atomic E-state index is 0.0125. The lowest BCUT2D eigenvalue weighted by atomic mass is 10.0. The molecule has 2 aliphatic rings. The summed E-state index contributed by atoms with van der Waals surface area (Å²) in [7, 11) is 1.55. The summed E-state index contributed by atoms with van der Waals surface area (Å²) >= 11 is 1.52. The third-order valence-electron chi connectivity index (χ3n) is 13.2. The fraction of sp³-hybridized carbons (Fsp3) is 0.375. The molecule has 0 saturated carbocycles. The Bertz CT molecular complexity index is 3290. The van der Waals surface area contributed by atoms with Crippen molar-refractivity contribution in [1.29, 1.82) is 0 Å². The van der Waals surface area contributed by atoms with Crippen molar-refractivity contribution in [2.24, 2.45) is 13.0 Å². The van der Waals surface area contributed by atoms with Crippen LogP contribution in [0.5, 0.6) is 11.5 Å². The number of aromatic nitrogens is 5. The van der Waals surface area contributed by atoms with Gasteiger partial charge in [0.1, 0.15) is 53.7 Å². The molecule has 3 amide bonds. The number of oxazole rings is 1. The van der Waals surface area contributed by atoms with Gasteiger partial charge < -0.3 is 48.3 Å². The molecule has 0 bridgehead atoms. The minimum Gasteiger partial charge on any atom is -0.491 e. The van der Waals surface area contributed by atoms with Crippen molar-refractivity contribution >= 4 is 45.9 Å². The average molecular weight is 1070 g/mol. The average Bonchev–Trinajstić information content (AvgIpc) is 4.23. The Morgan fingerprint density at radius 3 is 2.32 bits per heavy atom. The van der Waals surface area contributed by atoms with E-state index in [1.807, 2.05) is 51.1 Å². The summed E-state index contributed by atoms with van der Waals surface area (Å²) < 4.78 is 36.1. The SMILES string of the molecule is Cc1ncsc1-c1ccc(CNC(=O)[C@@H]2C[C@@H](O)CN2C(=O)[C@H](C(C)C)N2Cc3ccccc3C2=O)c(OCCOCCOCCOCCOc2ccc(C(=O)Cc3ccc4oc(-c5ccc(=O)n(C)n5)nc4c3)nc2)c1. The molecular formula is C56H60N8O12S. The molecule has 0 radical (unpaired) electrons. The molecule has 4 aromatic heterocycles. The van der Waals surface area contributed by atoms with E-state index in [1.54, 1.807) is 66.0 Å². The summed E-state index contributed by atoms with van der Waals surface area (Å²) in [4.78, 5) is 83.5. The van der Waals surface area contributed by atoms with E-state index in [2.05, 4.69) is 25.4 Å². The van der Waals surface area contributed by atoms with E-state index in [-0.39, 0.29) is 80.7 Å². The monoisotopic (exact) mass is 1070 g/mol. The van der Waals surface area contributed by atoms with Crippen LogP contribution in [0.2, 0.25) is 0 Å². The number of hydrogen-bond donors (Lipinski definition) is 2. The highest BCUT2D eigenvalue weighted by atomic mass is 32.1. The summed E-state index contributed by atoms with van der Waals surface area (Å²) in [6.45, 7) is 8.54. The van der Waals surface area contributed by atoms with Crippen molar-refractivity contribution in [3.8, 4) is 33.5 Å². The number of likely N-dealkylation sites (tertiary alicyclic amines) is 1. The highest BCUT2D eigenvalue weighted by Gasteiger charge is 2.46. The number of Topliss-reactive ketones (excluding diaryl/α,β-unsaturated/α-hetero) is 1. The molecule has 3 atom stereocenters. The number of nitrogens with zero attached hydrogens (tertiary/aromatic N) is 7. The third kappa shape index (κ3) is 13.1. The fourth-order valence-electron chi connectivity index (χ4n) is 9.30. The number of β-amino-alcohol motifs (C(OH)–C–C–N with tert-alkyl or cyclic N) is 1. The summed E-state index contributed by atoms with van der Waals surface area (Å²) in [5, 5.41) is 17.9. The first-order chi connectivity index (χ1) is 37.3. The van der Waals surface area contributed by atoms with Crippen molar-refractivity contribution < 1.29 is 52.4 Å². The Morgan fingerprint density at radius 1 is 0.870 bits per heavy atom. The number of thiazole rings is 1. The second-order valence-electron chi connectivity index (χ2n) is 19.0. The lowest BCUT2D eigenvalue weighted by molar-refractivity contribution is -0.143. The molecule has 7 aromatic rings. The first-order valence-electron chi connectivity index (χ1n) is 25.4. The summed E-state index contributed by atoms with van der Waals surface area (Å²) in [5.74, 6) is -0.0863. The van der Waals surface area contributed by atoms with Crippen LogP contribution in [0, 0.1) is 12.8 Å². The number of benzene rings is 3. The summed E-state index contributed by atoms with van der Waals surface area (Å²) in [5.41, 5.74) is 8.03. The minimum atomic E-state index is -0.925. The number of pyridine rings is 1. The van der Waals surface area contributed by atoms with E-state index in [4.69, 9.17) is 28.1 Å². The molecule has 0 unspecified atom stereocenters. The normalized spacial score (nSPS) is 15.6. The van der Waals surface area contributed by atoms with Gasteiger partial charge in [-0.2, -0.15) is 5.10 Å². The third-order valence-corrected chi connectivity index (χ3v) is 14.2. The molecule has 0 spiro atoms. The number of amides is 3. The molecule has 1 fully saturated rings. The van der Waals surface area contributed by atoms with Gasteiger partial charge in [-0.1, -0.05) is 50.2 Å². The van der Waals surface area contributed by atoms with Crippen LogP contribution in [-0.4, -0.2) is 141 Å². The lowest BCUT2D eigenvalue weighted by Gasteiger charge is -2.35. The maximum atomic E-state index is 14.2. The number of aryl methyl sites for hydroxylation is 2. The van der Waals surface area contributed by atoms with Crippen LogP contribution >= 0.6 is 11.3 Å². The van der Waals surface area contributed by atoms with Gasteiger partial charge >= 0.3 is 0 Å². The van der Waals surface area contributed by atoms with Gasteiger partial charge in [-0.25, -0.2) is 19.6 Å². The lowest BCUT2D eigenvalue weighted by Crippen LogP contribution is -2.55. The van der Waals surface area contributed by atoms with Gasteiger partial charge in [-0.15, -0.1) is 11.3 Å². The van der Waals surface area contributed by atoms with Gasteiger partial charge in [0.05, 0.1) is 68.0 Å². The number of fused-ring (bicyclic) bond motifs is 2. The van der Waals surface area contributed by atoms with Crippen molar-refractivity contribution in [2.45, 2.75) is 64.9 Å². The van der Waals surface area contributed by atoms with Crippen LogP contribution in [-0.2, 0) is 50.4 Å². The molecule has 21 heteroatoms. The van der Waals surface area contributed by atoms with E-state index in [9.17, 15) is 29.1 Å². The first kappa shape index (κ1) is 54.1. The van der Waals surface area contributed by atoms with Crippen molar-refractivity contribution in [3.05, 3.63) is 141 Å². The zero-order valence-electron chi connectivity index (χ0n) is 43.2. The van der Waals surface area contributed by atoms with Gasteiger partial charge in [0.25, 0.3) is 11.5 Å². The van der Waals surface area contributed by atoms with Crippen LogP contribution in [0.1, 0.15) is 63.5 Å². The van der Waals surface area contributed by atoms with Crippen molar-refractivity contribution in [2.75, 3.05) is 59.4 Å². The number of aliphatic hydroxyl groups is 1. The number of rotatable bonds is 25. The smallest absolute Gasteiger partial charge is 0.266 e. The van der Waals surface area contributed by atoms with Crippen LogP contribution in [0.3, 0.4) is 0 Å². The molecular weight excluding hydrogens is 1010 g/mol. The zero-order valence-corrected chi connectivity index (χ0v) is 44.0. The molecule has 6 heterocycles.